The molecule has 3 atom stereocenters. The van der Waals surface area contributed by atoms with Gasteiger partial charge in [0.1, 0.15) is 5.82 Å². The van der Waals surface area contributed by atoms with E-state index in [1.54, 1.807) is 18.3 Å². The summed E-state index contributed by atoms with van der Waals surface area (Å²) in [6, 6.07) is 12.8. The summed E-state index contributed by atoms with van der Waals surface area (Å²) in [5.74, 6) is 0.907. The van der Waals surface area contributed by atoms with Crippen LogP contribution in [0.15, 0.2) is 48.7 Å². The van der Waals surface area contributed by atoms with Gasteiger partial charge >= 0.3 is 6.03 Å². The summed E-state index contributed by atoms with van der Waals surface area (Å²) in [4.78, 5) is 15.4. The van der Waals surface area contributed by atoms with Crippen LogP contribution in [0.5, 0.6) is 0 Å². The molecule has 2 fully saturated rings. The number of hydrogen-bond donors (Lipinski definition) is 3. The van der Waals surface area contributed by atoms with Crippen LogP contribution >= 0.6 is 0 Å². The second kappa shape index (κ2) is 10.6. The number of aromatic amines is 1. The van der Waals surface area contributed by atoms with Gasteiger partial charge in [-0.3, -0.25) is 5.10 Å². The highest BCUT2D eigenvalue weighted by molar-refractivity contribution is 5.92. The van der Waals surface area contributed by atoms with E-state index in [-0.39, 0.29) is 17.9 Å². The van der Waals surface area contributed by atoms with Crippen molar-refractivity contribution in [3.05, 3.63) is 60.0 Å². The number of nitrogens with zero attached hydrogens (tertiary/aromatic N) is 2. The topological polar surface area (TPSA) is 73.0 Å². The number of hydrogen-bond acceptors (Lipinski definition) is 3. The fraction of sp³-hybridized carbons (Fsp3) is 0.481. The van der Waals surface area contributed by atoms with Crippen molar-refractivity contribution in [2.24, 2.45) is 11.8 Å². The van der Waals surface area contributed by atoms with Crippen molar-refractivity contribution < 1.29 is 9.18 Å². The molecule has 2 amide bonds. The molecule has 34 heavy (non-hydrogen) atoms. The zero-order valence-corrected chi connectivity index (χ0v) is 19.6. The van der Waals surface area contributed by atoms with Crippen LogP contribution in [0.25, 0.3) is 10.9 Å². The highest BCUT2D eigenvalue weighted by Gasteiger charge is 2.30. The molecule has 180 valence electrons. The molecule has 2 aliphatic rings. The molecule has 1 aromatic heterocycles. The standard InChI is InChI=1S/C27H34FN5O/c28-23-10-7-19(8-11-23)14-20-4-3-13-33(17-20)18-22-5-1-2-6-25(22)31-27(34)30-24-12-9-21-16-29-32-26(21)15-24/h7-12,15-16,20,22,25H,1-6,13-14,17-18H2,(H,29,32)(H2,30,31,34)/t20-,22-,25+/m0/s1. The van der Waals surface area contributed by atoms with Gasteiger partial charge in [-0.05, 0) is 86.4 Å². The van der Waals surface area contributed by atoms with Gasteiger partial charge in [-0.25, -0.2) is 9.18 Å². The first-order chi connectivity index (χ1) is 16.6. The second-order valence-electron chi connectivity index (χ2n) is 10.0. The second-order valence-corrected chi connectivity index (χ2v) is 10.0. The van der Waals surface area contributed by atoms with Gasteiger partial charge in [0, 0.05) is 30.2 Å². The van der Waals surface area contributed by atoms with Gasteiger partial charge in [-0.15, -0.1) is 0 Å². The number of anilines is 1. The summed E-state index contributed by atoms with van der Waals surface area (Å²) >= 11 is 0. The minimum absolute atomic E-state index is 0.136. The summed E-state index contributed by atoms with van der Waals surface area (Å²) in [6.45, 7) is 3.24. The lowest BCUT2D eigenvalue weighted by Crippen LogP contribution is -2.49. The van der Waals surface area contributed by atoms with Crippen molar-refractivity contribution >= 4 is 22.6 Å². The lowest BCUT2D eigenvalue weighted by Gasteiger charge is -2.39. The third-order valence-corrected chi connectivity index (χ3v) is 7.46. The van der Waals surface area contributed by atoms with Crippen molar-refractivity contribution in [2.75, 3.05) is 25.0 Å². The summed E-state index contributed by atoms with van der Waals surface area (Å²) < 4.78 is 13.2. The molecule has 0 unspecified atom stereocenters. The lowest BCUT2D eigenvalue weighted by molar-refractivity contribution is 0.123. The number of likely N-dealkylation sites (tertiary alicyclic amines) is 1. The van der Waals surface area contributed by atoms with Crippen LogP contribution in [0.3, 0.4) is 0 Å². The first kappa shape index (κ1) is 22.8. The molecule has 1 saturated carbocycles. The molecule has 3 aromatic rings. The first-order valence-corrected chi connectivity index (χ1v) is 12.6. The van der Waals surface area contributed by atoms with E-state index in [2.05, 4.69) is 25.7 Å². The summed E-state index contributed by atoms with van der Waals surface area (Å²) in [7, 11) is 0. The molecular weight excluding hydrogens is 429 g/mol. The van der Waals surface area contributed by atoms with Gasteiger partial charge in [-0.1, -0.05) is 25.0 Å². The number of H-pyrrole nitrogens is 1. The number of benzene rings is 2. The Labute approximate surface area is 200 Å². The number of carbonyl (C=O) groups excluding carboxylic acids is 1. The fourth-order valence-electron chi connectivity index (χ4n) is 5.74. The minimum Gasteiger partial charge on any atom is -0.335 e. The molecule has 2 aromatic carbocycles. The Kier molecular flexibility index (Phi) is 7.09. The highest BCUT2D eigenvalue weighted by atomic mass is 19.1. The quantitative estimate of drug-likeness (QED) is 0.462. The summed E-state index contributed by atoms with van der Waals surface area (Å²) in [6.07, 6.45) is 9.79. The lowest BCUT2D eigenvalue weighted by atomic mass is 9.83. The van der Waals surface area contributed by atoms with Crippen molar-refractivity contribution in [1.29, 1.82) is 0 Å². The molecule has 1 saturated heterocycles. The number of piperidine rings is 1. The average molecular weight is 464 g/mol. The molecule has 5 rings (SSSR count). The number of nitrogens with one attached hydrogen (secondary N) is 3. The maximum atomic E-state index is 13.2. The fourth-order valence-corrected chi connectivity index (χ4v) is 5.74. The monoisotopic (exact) mass is 463 g/mol. The van der Waals surface area contributed by atoms with Gasteiger partial charge < -0.3 is 15.5 Å². The van der Waals surface area contributed by atoms with E-state index in [9.17, 15) is 9.18 Å². The van der Waals surface area contributed by atoms with Crippen LogP contribution in [-0.4, -0.2) is 46.8 Å². The Bertz CT molecular complexity index is 1100. The van der Waals surface area contributed by atoms with E-state index in [0.29, 0.717) is 11.8 Å². The maximum Gasteiger partial charge on any atom is 0.319 e. The number of halogens is 1. The average Bonchev–Trinajstić information content (AvgIpc) is 3.30. The number of rotatable bonds is 6. The van der Waals surface area contributed by atoms with E-state index >= 15 is 0 Å². The highest BCUT2D eigenvalue weighted by Crippen LogP contribution is 2.28. The molecule has 1 aliphatic carbocycles. The van der Waals surface area contributed by atoms with E-state index in [0.717, 1.165) is 61.9 Å². The van der Waals surface area contributed by atoms with Crippen LogP contribution in [0, 0.1) is 17.7 Å². The Morgan fingerprint density at radius 3 is 2.82 bits per heavy atom. The zero-order valence-electron chi connectivity index (χ0n) is 19.6. The molecule has 1 aliphatic heterocycles. The van der Waals surface area contributed by atoms with Crippen molar-refractivity contribution in [3.63, 3.8) is 0 Å². The molecule has 3 N–H and O–H groups in total. The third-order valence-electron chi connectivity index (χ3n) is 7.46. The predicted octanol–water partition coefficient (Wildman–Crippen LogP) is 5.34. The van der Waals surface area contributed by atoms with E-state index < -0.39 is 0 Å². The molecular formula is C27H34FN5O. The Hall–Kier alpha value is -2.93. The summed E-state index contributed by atoms with van der Waals surface area (Å²) in [5.41, 5.74) is 2.89. The Balaban J connectivity index is 1.15. The van der Waals surface area contributed by atoms with Crippen LogP contribution < -0.4 is 10.6 Å². The third kappa shape index (κ3) is 5.76. The van der Waals surface area contributed by atoms with Gasteiger partial charge in [-0.2, -0.15) is 5.10 Å². The van der Waals surface area contributed by atoms with E-state index in [1.165, 1.54) is 24.8 Å². The SMILES string of the molecule is O=C(Nc1ccc2cn[nH]c2c1)N[C@@H]1CCCC[C@H]1CN1CCC[C@@H](Cc2ccc(F)cc2)C1. The number of fused-ring (bicyclic) bond motifs is 1. The Morgan fingerprint density at radius 2 is 1.94 bits per heavy atom. The summed E-state index contributed by atoms with van der Waals surface area (Å²) in [5, 5.41) is 14.3. The largest absolute Gasteiger partial charge is 0.335 e. The van der Waals surface area contributed by atoms with Crippen molar-refractivity contribution in [1.82, 2.24) is 20.4 Å². The van der Waals surface area contributed by atoms with Crippen molar-refractivity contribution in [3.8, 4) is 0 Å². The van der Waals surface area contributed by atoms with E-state index in [4.69, 9.17) is 0 Å². The normalized spacial score (nSPS) is 23.6. The maximum absolute atomic E-state index is 13.2. The zero-order chi connectivity index (χ0) is 23.3. The molecule has 2 heterocycles. The molecule has 0 spiro atoms. The number of urea groups is 1. The number of carbonyl (C=O) groups is 1. The number of amides is 2. The van der Waals surface area contributed by atoms with E-state index in [1.807, 2.05) is 30.3 Å². The smallest absolute Gasteiger partial charge is 0.319 e. The van der Waals surface area contributed by atoms with Gasteiger partial charge in [0.15, 0.2) is 0 Å². The van der Waals surface area contributed by atoms with Crippen LogP contribution in [-0.2, 0) is 6.42 Å². The van der Waals surface area contributed by atoms with Gasteiger partial charge in [0.05, 0.1) is 11.7 Å². The van der Waals surface area contributed by atoms with Crippen LogP contribution in [0.4, 0.5) is 14.9 Å². The van der Waals surface area contributed by atoms with Gasteiger partial charge in [0.25, 0.3) is 0 Å². The predicted molar refractivity (Wildman–Crippen MR) is 133 cm³/mol. The van der Waals surface area contributed by atoms with Gasteiger partial charge in [0.2, 0.25) is 0 Å². The number of aromatic nitrogens is 2. The molecule has 0 radical (unpaired) electrons. The molecule has 7 heteroatoms. The Morgan fingerprint density at radius 1 is 1.09 bits per heavy atom. The van der Waals surface area contributed by atoms with Crippen molar-refractivity contribution in [2.45, 2.75) is 51.0 Å². The molecule has 6 nitrogen and oxygen atoms in total. The minimum atomic E-state index is -0.171. The first-order valence-electron chi connectivity index (χ1n) is 12.6. The molecule has 0 bridgehead atoms. The van der Waals surface area contributed by atoms with Crippen LogP contribution in [0.2, 0.25) is 0 Å². The van der Waals surface area contributed by atoms with Crippen LogP contribution in [0.1, 0.15) is 44.1 Å².